The van der Waals surface area contributed by atoms with Crippen molar-refractivity contribution in [1.29, 1.82) is 0 Å². The Balaban J connectivity index is 2.16. The van der Waals surface area contributed by atoms with Crippen molar-refractivity contribution in [1.82, 2.24) is 0 Å². The summed E-state index contributed by atoms with van der Waals surface area (Å²) in [5, 5.41) is 7.53. The van der Waals surface area contributed by atoms with Crippen LogP contribution in [-0.2, 0) is 12.1 Å². The monoisotopic (exact) mass is 522 g/mol. The van der Waals surface area contributed by atoms with Crippen LogP contribution in [0, 0.1) is 0 Å². The molecule has 4 rings (SSSR count). The van der Waals surface area contributed by atoms with Gasteiger partial charge in [-0.2, -0.15) is 0 Å². The maximum atomic E-state index is 10.1. The minimum absolute atomic E-state index is 0.0773. The van der Waals surface area contributed by atoms with E-state index >= 15 is 0 Å². The van der Waals surface area contributed by atoms with Gasteiger partial charge in [-0.15, -0.1) is 0 Å². The molecule has 0 bridgehead atoms. The van der Waals surface area contributed by atoms with Crippen LogP contribution in [0.1, 0.15) is 29.5 Å². The SMILES string of the molecule is [CH2]=[Zr]([CH3])([Cl])([Cl])([CH]1C=Cc2ccccc21)([CH]1C=Cc2ccccc21)[Si](C)(C)CCO. The molecule has 2 aromatic carbocycles. The van der Waals surface area contributed by atoms with Crippen LogP contribution >= 0.6 is 17.0 Å². The van der Waals surface area contributed by atoms with Crippen molar-refractivity contribution in [2.24, 2.45) is 0 Å². The van der Waals surface area contributed by atoms with Crippen LogP contribution < -0.4 is 0 Å². The predicted octanol–water partition coefficient (Wildman–Crippen LogP) is 7.27. The molecule has 0 heterocycles. The van der Waals surface area contributed by atoms with E-state index in [0.717, 1.165) is 0 Å². The molecule has 0 saturated carbocycles. The molecule has 2 aromatic rings. The fourth-order valence-corrected chi connectivity index (χ4v) is 51.4. The Morgan fingerprint density at radius 2 is 1.31 bits per heavy atom. The van der Waals surface area contributed by atoms with Gasteiger partial charge in [-0.1, -0.05) is 0 Å². The van der Waals surface area contributed by atoms with Crippen molar-refractivity contribution in [2.75, 3.05) is 6.61 Å². The number of rotatable bonds is 5. The van der Waals surface area contributed by atoms with Gasteiger partial charge in [0, 0.05) is 0 Å². The molecular weight excluding hydrogens is 494 g/mol. The molecule has 0 fully saturated rings. The third-order valence-electron chi connectivity index (χ3n) is 8.99. The molecule has 1 nitrogen and oxygen atoms in total. The van der Waals surface area contributed by atoms with Crippen LogP contribution in [0.4, 0.5) is 0 Å². The van der Waals surface area contributed by atoms with E-state index in [1.165, 1.54) is 22.3 Å². The third kappa shape index (κ3) is 2.43. The Morgan fingerprint density at radius 3 is 1.72 bits per heavy atom. The summed E-state index contributed by atoms with van der Waals surface area (Å²) >= 11 is -6.06. The molecule has 1 N–H and O–H groups in total. The van der Waals surface area contributed by atoms with Gasteiger partial charge in [0.05, 0.1) is 0 Å². The van der Waals surface area contributed by atoms with Gasteiger partial charge in [-0.25, -0.2) is 0 Å². The van der Waals surface area contributed by atoms with Gasteiger partial charge in [0.2, 0.25) is 0 Å². The van der Waals surface area contributed by atoms with E-state index in [9.17, 15) is 5.11 Å². The van der Waals surface area contributed by atoms with Gasteiger partial charge in [0.25, 0.3) is 0 Å². The summed E-state index contributed by atoms with van der Waals surface area (Å²) in [7, 11) is 16.7. The van der Waals surface area contributed by atoms with E-state index < -0.39 is 17.3 Å². The number of benzene rings is 2. The zero-order valence-corrected chi connectivity index (χ0v) is 22.4. The second-order valence-electron chi connectivity index (χ2n) is 10.9. The molecule has 2 atom stereocenters. The molecule has 2 unspecified atom stereocenters. The fraction of sp³-hybridized carbons (Fsp3) is 0.292. The molecule has 0 saturated heterocycles. The maximum absolute atomic E-state index is 10.1. The summed E-state index contributed by atoms with van der Waals surface area (Å²) < 4.78 is 6.95. The topological polar surface area (TPSA) is 20.2 Å². The van der Waals surface area contributed by atoms with Crippen molar-refractivity contribution in [3.63, 3.8) is 0 Å². The average molecular weight is 525 g/mol. The van der Waals surface area contributed by atoms with Gasteiger partial charge >= 0.3 is 176 Å². The molecular formula is C24H30Cl2OSiZr. The number of hydrogen-bond acceptors (Lipinski definition) is 1. The van der Waals surface area contributed by atoms with Crippen LogP contribution in [0.2, 0.25) is 23.8 Å². The van der Waals surface area contributed by atoms with E-state index in [0.29, 0.717) is 6.04 Å². The summed E-state index contributed by atoms with van der Waals surface area (Å²) in [5.74, 6) is 0. The molecule has 154 valence electrons. The van der Waals surface area contributed by atoms with Gasteiger partial charge in [0.1, 0.15) is 0 Å². The molecule has 29 heavy (non-hydrogen) atoms. The van der Waals surface area contributed by atoms with Crippen LogP contribution in [0.5, 0.6) is 0 Å². The second kappa shape index (κ2) is 5.61. The van der Waals surface area contributed by atoms with Crippen LogP contribution in [0.15, 0.2) is 60.7 Å². The van der Waals surface area contributed by atoms with E-state index in [-0.39, 0.29) is 13.9 Å². The van der Waals surface area contributed by atoms with E-state index in [2.05, 4.69) is 90.6 Å². The first-order valence-electron chi connectivity index (χ1n) is 10.4. The number of fused-ring (bicyclic) bond motifs is 2. The second-order valence-corrected chi connectivity index (χ2v) is 79.3. The number of hydrogen-bond donors (Lipinski definition) is 1. The van der Waals surface area contributed by atoms with Gasteiger partial charge < -0.3 is 0 Å². The number of aliphatic hydroxyl groups excluding tert-OH is 1. The van der Waals surface area contributed by atoms with Crippen molar-refractivity contribution in [3.05, 3.63) is 82.9 Å². The molecule has 0 aliphatic heterocycles. The van der Waals surface area contributed by atoms with E-state index in [1.54, 1.807) is 0 Å². The average Bonchev–Trinajstić information content (AvgIpc) is 3.27. The summed E-state index contributed by atoms with van der Waals surface area (Å²) in [6.45, 7) is 4.58. The van der Waals surface area contributed by atoms with Gasteiger partial charge in [0.15, 0.2) is 0 Å². The standard InChI is InChI=1S/2C9H7.C4H11OSi.CH3.CH2.2ClH.Zr/c2*1-2-5-9-7-3-6-8(9)4-1;1-6(2)4-3-5;;;;;/h2*1-7H;5H,3-4H2,1-2H3;1H3;1H2;2*1H;/q;;;;;;;+2/p-2. The van der Waals surface area contributed by atoms with Gasteiger partial charge in [-0.3, -0.25) is 0 Å². The summed E-state index contributed by atoms with van der Waals surface area (Å²) in [6.07, 6.45) is 8.72. The van der Waals surface area contributed by atoms with E-state index in [4.69, 9.17) is 21.2 Å². The molecule has 0 aromatic heterocycles. The molecule has 5 heteroatoms. The van der Waals surface area contributed by atoms with Gasteiger partial charge in [-0.05, 0) is 0 Å². The molecule has 0 amide bonds. The Labute approximate surface area is 175 Å². The number of allylic oxidation sites excluding steroid dienone is 2. The quantitative estimate of drug-likeness (QED) is 0.408. The Kier molecular flexibility index (Phi) is 4.19. The molecule has 2 aliphatic carbocycles. The first-order valence-corrected chi connectivity index (χ1v) is 30.6. The first kappa shape index (κ1) is 21.7. The predicted molar refractivity (Wildman–Crippen MR) is 130 cm³/mol. The summed E-state index contributed by atoms with van der Waals surface area (Å²) in [5.41, 5.74) is 4.69. The van der Waals surface area contributed by atoms with Crippen LogP contribution in [0.3, 0.4) is 0 Å². The molecule has 0 radical (unpaired) electrons. The van der Waals surface area contributed by atoms with Crippen molar-refractivity contribution in [2.45, 2.75) is 31.0 Å². The van der Waals surface area contributed by atoms with Crippen molar-refractivity contribution in [3.8, 4) is 0 Å². The molecule has 0 spiro atoms. The van der Waals surface area contributed by atoms with Crippen LogP contribution in [-0.4, -0.2) is 21.1 Å². The Morgan fingerprint density at radius 1 is 0.897 bits per heavy atom. The molecule has 2 aliphatic rings. The number of halogens is 2. The van der Waals surface area contributed by atoms with Crippen molar-refractivity contribution >= 4 is 38.6 Å². The Bertz CT molecular complexity index is 1130. The fourth-order valence-electron chi connectivity index (χ4n) is 6.05. The zero-order chi connectivity index (χ0) is 21.2. The summed E-state index contributed by atoms with van der Waals surface area (Å²) in [6, 6.07) is 17.4. The third-order valence-corrected chi connectivity index (χ3v) is 94.0. The van der Waals surface area contributed by atoms with Crippen molar-refractivity contribution < 1.29 is 17.2 Å². The minimum atomic E-state index is -6.06. The zero-order valence-electron chi connectivity index (χ0n) is 17.4. The van der Waals surface area contributed by atoms with Crippen LogP contribution in [0.25, 0.3) is 12.2 Å². The normalized spacial score (nSPS) is 24.3. The Hall–Kier alpha value is -0.570. The summed E-state index contributed by atoms with van der Waals surface area (Å²) in [4.78, 5) is 0. The van der Waals surface area contributed by atoms with E-state index in [1.807, 2.05) is 0 Å². The first-order chi connectivity index (χ1) is 13.3. The number of aliphatic hydroxyl groups is 1.